The molecule has 0 saturated carbocycles. The molecule has 0 spiro atoms. The fourth-order valence-electron chi connectivity index (χ4n) is 4.55. The quantitative estimate of drug-likeness (QED) is 0.530. The number of fused-ring (bicyclic) bond motifs is 3. The lowest BCUT2D eigenvalue weighted by Gasteiger charge is -2.27. The van der Waals surface area contributed by atoms with E-state index in [0.717, 1.165) is 22.3 Å². The second-order valence-corrected chi connectivity index (χ2v) is 8.95. The Hall–Kier alpha value is -3.83. The first-order valence-electron chi connectivity index (χ1n) is 11.5. The van der Waals surface area contributed by atoms with Crippen molar-refractivity contribution in [1.82, 2.24) is 10.6 Å². The van der Waals surface area contributed by atoms with Gasteiger partial charge in [-0.25, -0.2) is 4.79 Å². The van der Waals surface area contributed by atoms with Crippen LogP contribution in [0.3, 0.4) is 0 Å². The first-order chi connectivity index (χ1) is 16.8. The molecule has 3 N–H and O–H groups in total. The normalized spacial score (nSPS) is 21.1. The van der Waals surface area contributed by atoms with Gasteiger partial charge in [-0.05, 0) is 36.1 Å². The first kappa shape index (κ1) is 24.3. The summed E-state index contributed by atoms with van der Waals surface area (Å²) in [5.74, 6) is 3.80. The molecule has 2 amide bonds. The highest BCUT2D eigenvalue weighted by Gasteiger charge is 2.47. The summed E-state index contributed by atoms with van der Waals surface area (Å²) in [6.45, 7) is 3.33. The van der Waals surface area contributed by atoms with Crippen molar-refractivity contribution >= 4 is 18.0 Å². The molecule has 8 heteroatoms. The summed E-state index contributed by atoms with van der Waals surface area (Å²) < 4.78 is 10.8. The van der Waals surface area contributed by atoms with Gasteiger partial charge in [-0.3, -0.25) is 9.59 Å². The van der Waals surface area contributed by atoms with Gasteiger partial charge in [0.25, 0.3) is 0 Å². The molecule has 3 unspecified atom stereocenters. The highest BCUT2D eigenvalue weighted by molar-refractivity contribution is 5.87. The number of aliphatic carboxylic acids is 1. The Morgan fingerprint density at radius 1 is 1.14 bits per heavy atom. The maximum atomic E-state index is 12.9. The maximum Gasteiger partial charge on any atom is 0.407 e. The molecule has 1 aliphatic carbocycles. The third kappa shape index (κ3) is 4.86. The molecule has 1 saturated heterocycles. The number of carbonyl (C=O) groups excluding carboxylic acids is 2. The van der Waals surface area contributed by atoms with Gasteiger partial charge in [-0.15, -0.1) is 11.8 Å². The second-order valence-electron chi connectivity index (χ2n) is 8.95. The number of amides is 2. The van der Waals surface area contributed by atoms with Gasteiger partial charge in [0.1, 0.15) is 18.1 Å². The molecule has 35 heavy (non-hydrogen) atoms. The van der Waals surface area contributed by atoms with Crippen LogP contribution in [-0.4, -0.2) is 55.0 Å². The van der Waals surface area contributed by atoms with E-state index in [0.29, 0.717) is 0 Å². The van der Waals surface area contributed by atoms with Gasteiger partial charge in [-0.2, -0.15) is 0 Å². The van der Waals surface area contributed by atoms with E-state index in [1.807, 2.05) is 36.4 Å². The minimum atomic E-state index is -1.25. The van der Waals surface area contributed by atoms with Crippen LogP contribution < -0.4 is 10.6 Å². The number of nitrogens with one attached hydrogen (secondary N) is 2. The van der Waals surface area contributed by atoms with Crippen molar-refractivity contribution in [3.05, 3.63) is 59.7 Å². The van der Waals surface area contributed by atoms with E-state index in [9.17, 15) is 19.5 Å². The van der Waals surface area contributed by atoms with Crippen molar-refractivity contribution in [2.24, 2.45) is 5.41 Å². The molecule has 2 aromatic carbocycles. The molecular formula is C27H28N2O6. The van der Waals surface area contributed by atoms with E-state index in [2.05, 4.69) is 34.6 Å². The highest BCUT2D eigenvalue weighted by atomic mass is 16.5. The Bertz CT molecular complexity index is 1150. The third-order valence-corrected chi connectivity index (χ3v) is 6.70. The van der Waals surface area contributed by atoms with E-state index < -0.39 is 35.5 Å². The minimum absolute atomic E-state index is 0.00742. The van der Waals surface area contributed by atoms with Crippen molar-refractivity contribution in [2.75, 3.05) is 19.8 Å². The van der Waals surface area contributed by atoms with Crippen LogP contribution in [0.1, 0.15) is 37.3 Å². The number of hydrogen-bond acceptors (Lipinski definition) is 5. The number of rotatable bonds is 7. The summed E-state index contributed by atoms with van der Waals surface area (Å²) in [6, 6.07) is 14.3. The number of carboxylic acid groups (broad SMARTS) is 1. The Kier molecular flexibility index (Phi) is 7.08. The lowest BCUT2D eigenvalue weighted by Crippen LogP contribution is -2.55. The Balaban J connectivity index is 1.42. The molecule has 0 bridgehead atoms. The van der Waals surface area contributed by atoms with Crippen molar-refractivity contribution in [1.29, 1.82) is 0 Å². The minimum Gasteiger partial charge on any atom is -0.481 e. The SMILES string of the molecule is CC#CCC(NC(=O)OCC1c2ccccc2-c2ccccc21)C(=O)NC1COCC1(C)C(=O)O. The molecule has 1 fully saturated rings. The summed E-state index contributed by atoms with van der Waals surface area (Å²) in [7, 11) is 0. The first-order valence-corrected chi connectivity index (χ1v) is 11.5. The van der Waals surface area contributed by atoms with Crippen LogP contribution in [0.15, 0.2) is 48.5 Å². The largest absolute Gasteiger partial charge is 0.481 e. The summed E-state index contributed by atoms with van der Waals surface area (Å²) in [4.78, 5) is 37.3. The number of alkyl carbamates (subject to hydrolysis) is 1. The van der Waals surface area contributed by atoms with Crippen molar-refractivity contribution in [3.63, 3.8) is 0 Å². The predicted octanol–water partition coefficient (Wildman–Crippen LogP) is 2.91. The summed E-state index contributed by atoms with van der Waals surface area (Å²) in [5, 5.41) is 14.8. The van der Waals surface area contributed by atoms with Crippen molar-refractivity contribution < 1.29 is 29.0 Å². The average Bonchev–Trinajstić information content (AvgIpc) is 3.39. The molecule has 1 heterocycles. The zero-order chi connectivity index (χ0) is 25.0. The highest BCUT2D eigenvalue weighted by Crippen LogP contribution is 2.44. The standard InChI is InChI=1S/C27H28N2O6/c1-3-4-13-22(24(30)29-23-15-34-16-27(23,2)25(31)32)28-26(33)35-14-21-19-11-7-5-9-17(19)18-10-6-8-12-20(18)21/h5-12,21-23H,13-16H2,1-2H3,(H,28,33)(H,29,30)(H,31,32). The van der Waals surface area contributed by atoms with Crippen LogP contribution in [0.4, 0.5) is 4.79 Å². The summed E-state index contributed by atoms with van der Waals surface area (Å²) in [6.07, 6.45) is -0.683. The number of ether oxygens (including phenoxy) is 2. The molecule has 1 aliphatic heterocycles. The fourth-order valence-corrected chi connectivity index (χ4v) is 4.55. The van der Waals surface area contributed by atoms with Crippen LogP contribution in [0, 0.1) is 17.3 Å². The number of hydrogen-bond donors (Lipinski definition) is 3. The summed E-state index contributed by atoms with van der Waals surface area (Å²) in [5.41, 5.74) is 3.16. The van der Waals surface area contributed by atoms with Crippen LogP contribution in [0.5, 0.6) is 0 Å². The van der Waals surface area contributed by atoms with Gasteiger partial charge >= 0.3 is 12.1 Å². The molecule has 0 aromatic heterocycles. The zero-order valence-corrected chi connectivity index (χ0v) is 19.7. The van der Waals surface area contributed by atoms with Gasteiger partial charge < -0.3 is 25.2 Å². The van der Waals surface area contributed by atoms with Gasteiger partial charge in [-0.1, -0.05) is 48.5 Å². The van der Waals surface area contributed by atoms with Gasteiger partial charge in [0.15, 0.2) is 0 Å². The molecule has 0 radical (unpaired) electrons. The van der Waals surface area contributed by atoms with Crippen LogP contribution in [-0.2, 0) is 19.1 Å². The van der Waals surface area contributed by atoms with Crippen molar-refractivity contribution in [2.45, 2.75) is 38.3 Å². The molecular weight excluding hydrogens is 448 g/mol. The Morgan fingerprint density at radius 3 is 2.37 bits per heavy atom. The lowest BCUT2D eigenvalue weighted by molar-refractivity contribution is -0.149. The molecule has 8 nitrogen and oxygen atoms in total. The van der Waals surface area contributed by atoms with Crippen molar-refractivity contribution in [3.8, 4) is 23.0 Å². The molecule has 3 atom stereocenters. The van der Waals surface area contributed by atoms with Gasteiger partial charge in [0.2, 0.25) is 5.91 Å². The summed E-state index contributed by atoms with van der Waals surface area (Å²) >= 11 is 0. The van der Waals surface area contributed by atoms with Gasteiger partial charge in [0, 0.05) is 12.3 Å². The number of carboxylic acids is 1. The van der Waals surface area contributed by atoms with Crippen LogP contribution >= 0.6 is 0 Å². The fraction of sp³-hybridized carbons (Fsp3) is 0.370. The zero-order valence-electron chi connectivity index (χ0n) is 19.7. The molecule has 2 aromatic rings. The number of carbonyl (C=O) groups is 3. The average molecular weight is 477 g/mol. The molecule has 4 rings (SSSR count). The third-order valence-electron chi connectivity index (χ3n) is 6.70. The molecule has 2 aliphatic rings. The predicted molar refractivity (Wildman–Crippen MR) is 129 cm³/mol. The Labute approximate surface area is 204 Å². The molecule has 182 valence electrons. The van der Waals surface area contributed by atoms with E-state index >= 15 is 0 Å². The number of benzene rings is 2. The second kappa shape index (κ2) is 10.2. The monoisotopic (exact) mass is 476 g/mol. The smallest absolute Gasteiger partial charge is 0.407 e. The Morgan fingerprint density at radius 2 is 1.77 bits per heavy atom. The lowest BCUT2D eigenvalue weighted by atomic mass is 9.85. The van der Waals surface area contributed by atoms with E-state index in [1.54, 1.807) is 6.92 Å². The van der Waals surface area contributed by atoms with E-state index in [4.69, 9.17) is 9.47 Å². The van der Waals surface area contributed by atoms with Crippen LogP contribution in [0.2, 0.25) is 0 Å². The maximum absolute atomic E-state index is 12.9. The van der Waals surface area contributed by atoms with E-state index in [1.165, 1.54) is 6.92 Å². The van der Waals surface area contributed by atoms with Crippen LogP contribution in [0.25, 0.3) is 11.1 Å². The van der Waals surface area contributed by atoms with E-state index in [-0.39, 0.29) is 32.2 Å². The topological polar surface area (TPSA) is 114 Å². The van der Waals surface area contributed by atoms with Gasteiger partial charge in [0.05, 0.1) is 19.3 Å².